The van der Waals surface area contributed by atoms with Crippen molar-refractivity contribution in [2.75, 3.05) is 32.6 Å². The summed E-state index contributed by atoms with van der Waals surface area (Å²) in [6.45, 7) is 2.96. The van der Waals surface area contributed by atoms with E-state index >= 15 is 0 Å². The molecule has 5 heteroatoms. The zero-order chi connectivity index (χ0) is 16.5. The highest BCUT2D eigenvalue weighted by Gasteiger charge is 2.12. The van der Waals surface area contributed by atoms with Crippen molar-refractivity contribution in [2.24, 2.45) is 5.73 Å². The number of carbonyl (C=O) groups excluding carboxylic acids is 1. The van der Waals surface area contributed by atoms with Crippen LogP contribution in [-0.2, 0) is 11.2 Å². The molecule has 0 aliphatic carbocycles. The highest BCUT2D eigenvalue weighted by molar-refractivity contribution is 5.74. The molecule has 0 fully saturated rings. The van der Waals surface area contributed by atoms with Crippen LogP contribution in [0.15, 0.2) is 30.1 Å². The quantitative estimate of drug-likeness (QED) is 0.759. The van der Waals surface area contributed by atoms with Gasteiger partial charge in [-0.1, -0.05) is 25.5 Å². The van der Waals surface area contributed by atoms with Gasteiger partial charge in [0, 0.05) is 39.5 Å². The van der Waals surface area contributed by atoms with Crippen molar-refractivity contribution in [2.45, 2.75) is 32.6 Å². The minimum Gasteiger partial charge on any atom is -0.380 e. The predicted octanol–water partition coefficient (Wildman–Crippen LogP) is 2.18. The highest BCUT2D eigenvalue weighted by atomic mass is 16.1. The van der Waals surface area contributed by atoms with Crippen LogP contribution >= 0.6 is 0 Å². The molecule has 2 N–H and O–H groups in total. The molecule has 0 unspecified atom stereocenters. The number of primary amides is 1. The first-order valence-electron chi connectivity index (χ1n) is 7.75. The molecule has 0 atom stereocenters. The Morgan fingerprint density at radius 1 is 1.36 bits per heavy atom. The summed E-state index contributed by atoms with van der Waals surface area (Å²) in [7, 11) is 6.14. The van der Waals surface area contributed by atoms with Gasteiger partial charge in [-0.2, -0.15) is 0 Å². The topological polar surface area (TPSA) is 62.5 Å². The van der Waals surface area contributed by atoms with E-state index in [2.05, 4.69) is 41.9 Å². The van der Waals surface area contributed by atoms with E-state index in [1.54, 1.807) is 6.20 Å². The van der Waals surface area contributed by atoms with E-state index in [0.29, 0.717) is 12.8 Å². The van der Waals surface area contributed by atoms with Crippen molar-refractivity contribution in [3.63, 3.8) is 0 Å². The lowest BCUT2D eigenvalue weighted by atomic mass is 10.1. The molecule has 1 aromatic rings. The summed E-state index contributed by atoms with van der Waals surface area (Å²) in [5.74, 6) is 0.627. The molecule has 0 radical (unpaired) electrons. The molecular formula is C17H28N4O. The van der Waals surface area contributed by atoms with E-state index in [9.17, 15) is 4.79 Å². The molecular weight excluding hydrogens is 276 g/mol. The molecule has 1 amide bonds. The summed E-state index contributed by atoms with van der Waals surface area (Å²) in [5.41, 5.74) is 7.57. The Morgan fingerprint density at radius 2 is 2.09 bits per heavy atom. The molecule has 22 heavy (non-hydrogen) atoms. The third kappa shape index (κ3) is 5.76. The number of unbranched alkanes of at least 4 members (excludes halogenated alkanes) is 1. The van der Waals surface area contributed by atoms with Crippen LogP contribution in [-0.4, -0.2) is 43.5 Å². The number of nitrogens with two attached hydrogens (primary N) is 1. The van der Waals surface area contributed by atoms with Crippen LogP contribution in [0, 0.1) is 0 Å². The molecule has 1 rings (SSSR count). The molecule has 0 saturated heterocycles. The fourth-order valence-corrected chi connectivity index (χ4v) is 2.24. The molecule has 1 aromatic heterocycles. The van der Waals surface area contributed by atoms with Crippen molar-refractivity contribution in [3.05, 3.63) is 35.7 Å². The van der Waals surface area contributed by atoms with Gasteiger partial charge in [0.05, 0.1) is 6.54 Å². The van der Waals surface area contributed by atoms with Gasteiger partial charge in [0.2, 0.25) is 5.91 Å². The SMILES string of the molecule is CCC/C=C(/CN(C)c1ncccc1CCC(N)=O)N(C)C. The lowest BCUT2D eigenvalue weighted by molar-refractivity contribution is -0.117. The van der Waals surface area contributed by atoms with E-state index in [-0.39, 0.29) is 5.91 Å². The average molecular weight is 304 g/mol. The monoisotopic (exact) mass is 304 g/mol. The van der Waals surface area contributed by atoms with Crippen molar-refractivity contribution >= 4 is 11.7 Å². The van der Waals surface area contributed by atoms with Gasteiger partial charge < -0.3 is 15.5 Å². The predicted molar refractivity (Wildman–Crippen MR) is 91.7 cm³/mol. The number of anilines is 1. The van der Waals surface area contributed by atoms with Gasteiger partial charge in [0.25, 0.3) is 0 Å². The van der Waals surface area contributed by atoms with Crippen molar-refractivity contribution in [3.8, 4) is 0 Å². The summed E-state index contributed by atoms with van der Waals surface area (Å²) in [4.78, 5) is 19.7. The maximum Gasteiger partial charge on any atom is 0.217 e. The number of carbonyl (C=O) groups is 1. The van der Waals surface area contributed by atoms with E-state index in [1.807, 2.05) is 19.2 Å². The zero-order valence-electron chi connectivity index (χ0n) is 14.2. The van der Waals surface area contributed by atoms with Crippen molar-refractivity contribution < 1.29 is 4.79 Å². The molecule has 122 valence electrons. The van der Waals surface area contributed by atoms with Crippen LogP contribution in [0.3, 0.4) is 0 Å². The first-order valence-corrected chi connectivity index (χ1v) is 7.75. The second-order valence-electron chi connectivity index (χ2n) is 5.69. The number of hydrogen-bond donors (Lipinski definition) is 1. The van der Waals surface area contributed by atoms with Crippen molar-refractivity contribution in [1.82, 2.24) is 9.88 Å². The largest absolute Gasteiger partial charge is 0.380 e. The van der Waals surface area contributed by atoms with Crippen LogP contribution < -0.4 is 10.6 Å². The number of likely N-dealkylation sites (N-methyl/N-ethyl adjacent to an activating group) is 2. The Bertz CT molecular complexity index is 511. The lowest BCUT2D eigenvalue weighted by Crippen LogP contribution is -2.28. The minimum atomic E-state index is -0.283. The molecule has 0 aliphatic rings. The third-order valence-corrected chi connectivity index (χ3v) is 3.51. The molecule has 5 nitrogen and oxygen atoms in total. The zero-order valence-corrected chi connectivity index (χ0v) is 14.2. The van der Waals surface area contributed by atoms with Crippen molar-refractivity contribution in [1.29, 1.82) is 0 Å². The van der Waals surface area contributed by atoms with Crippen LogP contribution in [0.5, 0.6) is 0 Å². The number of amides is 1. The van der Waals surface area contributed by atoms with Gasteiger partial charge in [-0.15, -0.1) is 0 Å². The Morgan fingerprint density at radius 3 is 2.68 bits per heavy atom. The fraction of sp³-hybridized carbons (Fsp3) is 0.529. The van der Waals surface area contributed by atoms with E-state index in [4.69, 9.17) is 5.73 Å². The Balaban J connectivity index is 2.87. The standard InChI is InChI=1S/C17H28N4O/c1-5-6-9-15(20(2)3)13-21(4)17-14(8-7-12-19-17)10-11-16(18)22/h7-9,12H,5-6,10-11,13H2,1-4H3,(H2,18,22)/b15-9-. The highest BCUT2D eigenvalue weighted by Crippen LogP contribution is 2.19. The number of nitrogens with zero attached hydrogens (tertiary/aromatic N) is 3. The van der Waals surface area contributed by atoms with Crippen LogP contribution in [0.4, 0.5) is 5.82 Å². The van der Waals surface area contributed by atoms with E-state index < -0.39 is 0 Å². The maximum atomic E-state index is 11.0. The van der Waals surface area contributed by atoms with E-state index in [0.717, 1.165) is 30.8 Å². The third-order valence-electron chi connectivity index (χ3n) is 3.51. The Hall–Kier alpha value is -2.04. The molecule has 0 saturated carbocycles. The van der Waals surface area contributed by atoms with Gasteiger partial charge in [-0.25, -0.2) is 4.98 Å². The molecule has 0 aliphatic heterocycles. The first kappa shape index (κ1) is 18.0. The van der Waals surface area contributed by atoms with E-state index in [1.165, 1.54) is 5.70 Å². The second-order valence-corrected chi connectivity index (χ2v) is 5.69. The van der Waals surface area contributed by atoms with Gasteiger partial charge >= 0.3 is 0 Å². The number of rotatable bonds is 9. The Labute approximate surface area is 133 Å². The Kier molecular flexibility index (Phi) is 7.43. The number of pyridine rings is 1. The molecule has 0 aromatic carbocycles. The summed E-state index contributed by atoms with van der Waals surface area (Å²) in [6.07, 6.45) is 7.22. The first-order chi connectivity index (χ1) is 10.5. The summed E-state index contributed by atoms with van der Waals surface area (Å²) < 4.78 is 0. The van der Waals surface area contributed by atoms with Gasteiger partial charge in [-0.3, -0.25) is 4.79 Å². The van der Waals surface area contributed by atoms with Crippen LogP contribution in [0.25, 0.3) is 0 Å². The lowest BCUT2D eigenvalue weighted by Gasteiger charge is -2.26. The summed E-state index contributed by atoms with van der Waals surface area (Å²) in [6, 6.07) is 3.90. The number of allylic oxidation sites excluding steroid dienone is 1. The molecule has 0 spiro atoms. The average Bonchev–Trinajstić information content (AvgIpc) is 2.49. The normalized spacial score (nSPS) is 11.4. The molecule has 1 heterocycles. The van der Waals surface area contributed by atoms with Gasteiger partial charge in [-0.05, 0) is 24.5 Å². The molecule has 0 bridgehead atoms. The van der Waals surface area contributed by atoms with Gasteiger partial charge in [0.15, 0.2) is 0 Å². The minimum absolute atomic E-state index is 0.283. The fourth-order valence-electron chi connectivity index (χ4n) is 2.24. The number of aromatic nitrogens is 1. The number of hydrogen-bond acceptors (Lipinski definition) is 4. The summed E-state index contributed by atoms with van der Waals surface area (Å²) >= 11 is 0. The smallest absolute Gasteiger partial charge is 0.217 e. The van der Waals surface area contributed by atoms with Crippen LogP contribution in [0.2, 0.25) is 0 Å². The maximum absolute atomic E-state index is 11.0. The number of aryl methyl sites for hydroxylation is 1. The second kappa shape index (κ2) is 9.07. The summed E-state index contributed by atoms with van der Waals surface area (Å²) in [5, 5.41) is 0. The van der Waals surface area contributed by atoms with Gasteiger partial charge in [0.1, 0.15) is 5.82 Å². The van der Waals surface area contributed by atoms with Crippen LogP contribution in [0.1, 0.15) is 31.7 Å².